The van der Waals surface area contributed by atoms with E-state index in [0.29, 0.717) is 32.3 Å². The Kier molecular flexibility index (Phi) is 13.2. The van der Waals surface area contributed by atoms with Gasteiger partial charge in [0.25, 0.3) is 0 Å². The number of nitrogens with zero attached hydrogens (tertiary/aromatic N) is 1. The summed E-state index contributed by atoms with van der Waals surface area (Å²) in [6, 6.07) is 5.81. The molecule has 2 N–H and O–H groups in total. The van der Waals surface area contributed by atoms with Gasteiger partial charge in [0.2, 0.25) is 0 Å². The van der Waals surface area contributed by atoms with Crippen LogP contribution in [0.25, 0.3) is 0 Å². The topological polar surface area (TPSA) is 54.9 Å². The van der Waals surface area contributed by atoms with Crippen molar-refractivity contribution in [1.82, 2.24) is 10.6 Å². The van der Waals surface area contributed by atoms with Crippen LogP contribution in [0.3, 0.4) is 0 Å². The second-order valence-corrected chi connectivity index (χ2v) is 5.79. The Morgan fingerprint density at radius 3 is 2.56 bits per heavy atom. The molecule has 0 saturated carbocycles. The molecule has 0 aromatic heterocycles. The van der Waals surface area contributed by atoms with Crippen LogP contribution in [0.2, 0.25) is 0 Å². The third-order valence-electron chi connectivity index (χ3n) is 3.43. The van der Waals surface area contributed by atoms with Gasteiger partial charge < -0.3 is 20.1 Å². The highest BCUT2D eigenvalue weighted by Gasteiger charge is 2.26. The Balaban J connectivity index is 0.00000676. The number of aliphatic imine (C=N–C) groups is 1. The minimum absolute atomic E-state index is 0. The van der Waals surface area contributed by atoms with E-state index in [9.17, 15) is 13.2 Å². The highest BCUT2D eigenvalue weighted by atomic mass is 127. The Hall–Kier alpha value is -1.23. The minimum Gasteiger partial charge on any atom is -0.493 e. The Labute approximate surface area is 176 Å². The first kappa shape index (κ1) is 25.8. The normalized spacial score (nSPS) is 11.7. The molecule has 0 radical (unpaired) electrons. The summed E-state index contributed by atoms with van der Waals surface area (Å²) in [5.41, 5.74) is 1.94. The van der Waals surface area contributed by atoms with Crippen LogP contribution in [0.4, 0.5) is 13.2 Å². The number of alkyl halides is 3. The lowest BCUT2D eigenvalue weighted by Crippen LogP contribution is -2.38. The fraction of sp³-hybridized carbons (Fsp3) is 0.611. The number of benzene rings is 1. The second-order valence-electron chi connectivity index (χ2n) is 5.79. The van der Waals surface area contributed by atoms with Crippen LogP contribution in [0.1, 0.15) is 30.9 Å². The molecule has 0 unspecified atom stereocenters. The SMILES string of the molecule is CCNC(=NCc1ccc(C)cc1OCCCOC)NCCC(F)(F)F.I. The highest BCUT2D eigenvalue weighted by Crippen LogP contribution is 2.22. The number of hydrogen-bond acceptors (Lipinski definition) is 3. The predicted molar refractivity (Wildman–Crippen MR) is 112 cm³/mol. The van der Waals surface area contributed by atoms with Gasteiger partial charge >= 0.3 is 6.18 Å². The van der Waals surface area contributed by atoms with E-state index in [1.165, 1.54) is 0 Å². The van der Waals surface area contributed by atoms with Crippen LogP contribution in [0, 0.1) is 6.92 Å². The molecule has 156 valence electrons. The number of guanidine groups is 1. The van der Waals surface area contributed by atoms with Crippen molar-refractivity contribution >= 4 is 29.9 Å². The molecule has 0 aliphatic carbocycles. The summed E-state index contributed by atoms with van der Waals surface area (Å²) >= 11 is 0. The van der Waals surface area contributed by atoms with Gasteiger partial charge in [-0.25, -0.2) is 4.99 Å². The first-order valence-corrected chi connectivity index (χ1v) is 8.66. The zero-order valence-electron chi connectivity index (χ0n) is 16.0. The van der Waals surface area contributed by atoms with Gasteiger partial charge in [-0.05, 0) is 25.5 Å². The van der Waals surface area contributed by atoms with Gasteiger partial charge in [-0.15, -0.1) is 24.0 Å². The van der Waals surface area contributed by atoms with Crippen molar-refractivity contribution in [2.75, 3.05) is 33.4 Å². The summed E-state index contributed by atoms with van der Waals surface area (Å²) in [6.07, 6.45) is -4.32. The molecule has 0 saturated heterocycles. The number of rotatable bonds is 10. The Bertz CT molecular complexity index is 569. The van der Waals surface area contributed by atoms with Gasteiger partial charge in [0.15, 0.2) is 5.96 Å². The molecule has 1 rings (SSSR count). The second kappa shape index (κ2) is 13.9. The lowest BCUT2D eigenvalue weighted by atomic mass is 10.1. The van der Waals surface area contributed by atoms with Gasteiger partial charge in [-0.1, -0.05) is 12.1 Å². The highest BCUT2D eigenvalue weighted by molar-refractivity contribution is 14.0. The molecule has 0 bridgehead atoms. The number of ether oxygens (including phenoxy) is 2. The lowest BCUT2D eigenvalue weighted by Gasteiger charge is -2.14. The first-order chi connectivity index (χ1) is 12.4. The Morgan fingerprint density at radius 1 is 1.19 bits per heavy atom. The van der Waals surface area contributed by atoms with Gasteiger partial charge in [-0.3, -0.25) is 0 Å². The molecule has 0 amide bonds. The minimum atomic E-state index is -4.19. The molecule has 9 heteroatoms. The average Bonchev–Trinajstić information content (AvgIpc) is 2.56. The van der Waals surface area contributed by atoms with Gasteiger partial charge in [-0.2, -0.15) is 13.2 Å². The molecule has 1 aromatic carbocycles. The molecule has 0 aliphatic rings. The molecule has 1 aromatic rings. The fourth-order valence-electron chi connectivity index (χ4n) is 2.14. The number of methoxy groups -OCH3 is 1. The van der Waals surface area contributed by atoms with Crippen molar-refractivity contribution in [3.05, 3.63) is 29.3 Å². The summed E-state index contributed by atoms with van der Waals surface area (Å²) < 4.78 is 47.6. The molecule has 27 heavy (non-hydrogen) atoms. The predicted octanol–water partition coefficient (Wildman–Crippen LogP) is 4.04. The average molecular weight is 503 g/mol. The lowest BCUT2D eigenvalue weighted by molar-refractivity contribution is -0.132. The van der Waals surface area contributed by atoms with Crippen molar-refractivity contribution < 1.29 is 22.6 Å². The number of halogens is 4. The maximum absolute atomic E-state index is 12.3. The van der Waals surface area contributed by atoms with Crippen LogP contribution in [-0.4, -0.2) is 45.5 Å². The third kappa shape index (κ3) is 12.0. The van der Waals surface area contributed by atoms with Crippen LogP contribution in [-0.2, 0) is 11.3 Å². The van der Waals surface area contributed by atoms with E-state index in [0.717, 1.165) is 23.3 Å². The van der Waals surface area contributed by atoms with E-state index in [1.807, 2.05) is 32.0 Å². The van der Waals surface area contributed by atoms with E-state index in [1.54, 1.807) is 7.11 Å². The summed E-state index contributed by atoms with van der Waals surface area (Å²) in [7, 11) is 1.64. The van der Waals surface area contributed by atoms with E-state index in [2.05, 4.69) is 15.6 Å². The number of hydrogen-bond donors (Lipinski definition) is 2. The van der Waals surface area contributed by atoms with Gasteiger partial charge in [0.1, 0.15) is 5.75 Å². The molecule has 0 fully saturated rings. The van der Waals surface area contributed by atoms with Crippen LogP contribution >= 0.6 is 24.0 Å². The molecular weight excluding hydrogens is 474 g/mol. The summed E-state index contributed by atoms with van der Waals surface area (Å²) in [5, 5.41) is 5.64. The standard InChI is InChI=1S/C18H28F3N3O2.HI/c1-4-22-17(23-9-8-18(19,20)21)24-13-15-7-6-14(2)12-16(15)26-11-5-10-25-3;/h6-7,12H,4-5,8-11,13H2,1-3H3,(H2,22,23,24);1H. The number of nitrogens with one attached hydrogen (secondary N) is 2. The van der Waals surface area contributed by atoms with Crippen LogP contribution < -0.4 is 15.4 Å². The number of aryl methyl sites for hydroxylation is 1. The van der Waals surface area contributed by atoms with Crippen molar-refractivity contribution in [2.24, 2.45) is 4.99 Å². The smallest absolute Gasteiger partial charge is 0.390 e. The largest absolute Gasteiger partial charge is 0.493 e. The quantitative estimate of drug-likeness (QED) is 0.219. The van der Waals surface area contributed by atoms with Crippen molar-refractivity contribution in [3.8, 4) is 5.75 Å². The van der Waals surface area contributed by atoms with Crippen molar-refractivity contribution in [3.63, 3.8) is 0 Å². The van der Waals surface area contributed by atoms with Gasteiger partial charge in [0, 0.05) is 38.8 Å². The van der Waals surface area contributed by atoms with E-state index in [4.69, 9.17) is 9.47 Å². The molecule has 5 nitrogen and oxygen atoms in total. The van der Waals surface area contributed by atoms with Gasteiger partial charge in [0.05, 0.1) is 19.6 Å². The van der Waals surface area contributed by atoms with Crippen LogP contribution in [0.15, 0.2) is 23.2 Å². The fourth-order valence-corrected chi connectivity index (χ4v) is 2.14. The summed E-state index contributed by atoms with van der Waals surface area (Å²) in [5.74, 6) is 1.08. The molecule has 0 atom stereocenters. The van der Waals surface area contributed by atoms with Crippen molar-refractivity contribution in [2.45, 2.75) is 39.4 Å². The first-order valence-electron chi connectivity index (χ1n) is 8.66. The van der Waals surface area contributed by atoms with Crippen molar-refractivity contribution in [1.29, 1.82) is 0 Å². The molecule has 0 heterocycles. The summed E-state index contributed by atoms with van der Waals surface area (Å²) in [6.45, 7) is 5.62. The van der Waals surface area contributed by atoms with Crippen LogP contribution in [0.5, 0.6) is 5.75 Å². The van der Waals surface area contributed by atoms with E-state index in [-0.39, 0.29) is 30.5 Å². The van der Waals surface area contributed by atoms with E-state index < -0.39 is 12.6 Å². The third-order valence-corrected chi connectivity index (χ3v) is 3.43. The molecular formula is C18H29F3IN3O2. The monoisotopic (exact) mass is 503 g/mol. The maximum atomic E-state index is 12.3. The zero-order chi connectivity index (χ0) is 19.4. The Morgan fingerprint density at radius 2 is 1.93 bits per heavy atom. The van der Waals surface area contributed by atoms with E-state index >= 15 is 0 Å². The molecule has 0 spiro atoms. The summed E-state index contributed by atoms with van der Waals surface area (Å²) in [4.78, 5) is 4.36. The zero-order valence-corrected chi connectivity index (χ0v) is 18.3. The maximum Gasteiger partial charge on any atom is 0.390 e. The molecule has 0 aliphatic heterocycles.